The zero-order chi connectivity index (χ0) is 77.5. The highest BCUT2D eigenvalue weighted by Gasteiger charge is 2.50. The Morgan fingerprint density at radius 3 is 1.12 bits per heavy atom. The molecule has 2 aromatic heterocycles. The Kier molecular flexibility index (Phi) is 15.4. The molecule has 0 amide bonds. The Morgan fingerprint density at radius 2 is 0.602 bits per heavy atom. The van der Waals surface area contributed by atoms with E-state index in [2.05, 4.69) is 465 Å². The molecule has 0 saturated heterocycles. The first kappa shape index (κ1) is 67.0. The second kappa shape index (κ2) is 27.1. The van der Waals surface area contributed by atoms with Crippen molar-refractivity contribution >= 4 is 192 Å². The van der Waals surface area contributed by atoms with Gasteiger partial charge in [0.1, 0.15) is 5.58 Å². The number of fused-ring (bicyclic) bond motifs is 14. The highest BCUT2D eigenvalue weighted by molar-refractivity contribution is 7.03. The van der Waals surface area contributed by atoms with Crippen LogP contribution in [-0.2, 0) is 0 Å². The Morgan fingerprint density at radius 1 is 0.220 bits per heavy atom. The van der Waals surface area contributed by atoms with E-state index in [1.54, 1.807) is 0 Å². The normalized spacial score (nSPS) is 12.8. The summed E-state index contributed by atoms with van der Waals surface area (Å²) >= 11 is 0. The van der Waals surface area contributed by atoms with Crippen molar-refractivity contribution in [1.82, 2.24) is 4.57 Å². The van der Waals surface area contributed by atoms with Gasteiger partial charge in [-0.05, 0) is 189 Å². The molecule has 0 atom stereocenters. The number of nitrogens with zero attached hydrogens (tertiary/aromatic N) is 7. The minimum atomic E-state index is -0.358. The second-order valence-electron chi connectivity index (χ2n) is 31.0. The van der Waals surface area contributed by atoms with E-state index in [0.717, 1.165) is 163 Å². The Labute approximate surface area is 684 Å². The second-order valence-corrected chi connectivity index (χ2v) is 31.0. The lowest BCUT2D eigenvalue weighted by Gasteiger charge is -2.48. The van der Waals surface area contributed by atoms with Crippen LogP contribution in [0.4, 0.5) is 102 Å². The fourth-order valence-electron chi connectivity index (χ4n) is 19.8. The van der Waals surface area contributed by atoms with E-state index in [1.807, 2.05) is 0 Å². The Bertz CT molecular complexity index is 7170. The van der Waals surface area contributed by atoms with E-state index in [9.17, 15) is 0 Å². The molecule has 118 heavy (non-hydrogen) atoms. The lowest BCUT2D eigenvalue weighted by atomic mass is 9.30. The van der Waals surface area contributed by atoms with Gasteiger partial charge in [0, 0.05) is 118 Å². The van der Waals surface area contributed by atoms with Gasteiger partial charge >= 0.3 is 0 Å². The van der Waals surface area contributed by atoms with Crippen LogP contribution in [0.2, 0.25) is 0 Å². The molecule has 6 heterocycles. The molecule has 4 aliphatic rings. The summed E-state index contributed by atoms with van der Waals surface area (Å²) in [5.74, 6) is 0. The van der Waals surface area contributed by atoms with Crippen molar-refractivity contribution < 1.29 is 4.42 Å². The molecule has 0 fully saturated rings. The molecule has 550 valence electrons. The van der Waals surface area contributed by atoms with Crippen LogP contribution >= 0.6 is 0 Å². The van der Waals surface area contributed by atoms with Gasteiger partial charge in [-0.25, -0.2) is 0 Å². The lowest BCUT2D eigenvalue weighted by molar-refractivity contribution is 0.669. The molecule has 0 saturated carbocycles. The topological polar surface area (TPSA) is 37.5 Å². The van der Waals surface area contributed by atoms with Crippen molar-refractivity contribution in [2.75, 3.05) is 29.4 Å². The number of anilines is 18. The summed E-state index contributed by atoms with van der Waals surface area (Å²) in [5.41, 5.74) is 35.4. The molecular formula is C108H71B2N7O. The quantitative estimate of drug-likeness (QED) is 0.107. The molecule has 0 radical (unpaired) electrons. The Hall–Kier alpha value is -15.5. The van der Waals surface area contributed by atoms with Crippen LogP contribution in [0.3, 0.4) is 0 Å². The number of aromatic nitrogens is 1. The van der Waals surface area contributed by atoms with Crippen LogP contribution in [-0.4, -0.2) is 18.0 Å². The number of hydrogen-bond acceptors (Lipinski definition) is 7. The molecule has 18 aromatic carbocycles. The van der Waals surface area contributed by atoms with Gasteiger partial charge in [0.25, 0.3) is 13.4 Å². The average Bonchev–Trinajstić information content (AvgIpc) is 0.702. The number of benzene rings is 18. The largest absolute Gasteiger partial charge is 0.454 e. The van der Waals surface area contributed by atoms with Crippen molar-refractivity contribution in [2.24, 2.45) is 0 Å². The monoisotopic (exact) mass is 1500 g/mol. The van der Waals surface area contributed by atoms with E-state index >= 15 is 0 Å². The predicted octanol–water partition coefficient (Wildman–Crippen LogP) is 25.1. The summed E-state index contributed by atoms with van der Waals surface area (Å²) < 4.78 is 9.68. The van der Waals surface area contributed by atoms with Gasteiger partial charge in [-0.3, -0.25) is 0 Å². The van der Waals surface area contributed by atoms with Crippen molar-refractivity contribution in [3.05, 3.63) is 431 Å². The van der Waals surface area contributed by atoms with E-state index in [-0.39, 0.29) is 13.4 Å². The van der Waals surface area contributed by atoms with Crippen LogP contribution in [0.1, 0.15) is 0 Å². The minimum Gasteiger partial charge on any atom is -0.454 e. The SMILES string of the molecule is c1ccc(-c2cccc(-c3ccccc3)c2N2c3cc4c(cc3B3c5ccc(-n6c7ccccc7c7ccccc76)cc5N(c5ccccc5)c5cc(N(c6ccccc6)c6ccccc6)cc2c53)B2c3ccccc3N(c3cccc5c3oc3ccccc35)c3cc(N(c5ccccc5)c5ccccc5)cc(c32)N4c2ccccc2)cc1. The summed E-state index contributed by atoms with van der Waals surface area (Å²) in [6.45, 7) is -0.674. The van der Waals surface area contributed by atoms with Gasteiger partial charge in [-0.2, -0.15) is 0 Å². The molecule has 8 nitrogen and oxygen atoms in total. The summed E-state index contributed by atoms with van der Waals surface area (Å²) in [7, 11) is 0. The molecule has 4 aliphatic heterocycles. The first-order chi connectivity index (χ1) is 58.6. The van der Waals surface area contributed by atoms with Crippen LogP contribution in [0.5, 0.6) is 0 Å². The van der Waals surface area contributed by atoms with Gasteiger partial charge in [-0.15, -0.1) is 0 Å². The first-order valence-corrected chi connectivity index (χ1v) is 40.6. The van der Waals surface area contributed by atoms with Crippen molar-refractivity contribution in [3.63, 3.8) is 0 Å². The van der Waals surface area contributed by atoms with Crippen LogP contribution < -0.4 is 62.2 Å². The van der Waals surface area contributed by atoms with E-state index < -0.39 is 0 Å². The highest BCUT2D eigenvalue weighted by atomic mass is 16.3. The summed E-state index contributed by atoms with van der Waals surface area (Å²) in [5, 5.41) is 4.56. The van der Waals surface area contributed by atoms with Crippen LogP contribution in [0.25, 0.3) is 71.7 Å². The molecular weight excluding hydrogens is 1430 g/mol. The van der Waals surface area contributed by atoms with Crippen molar-refractivity contribution in [3.8, 4) is 27.9 Å². The molecule has 0 unspecified atom stereocenters. The maximum absolute atomic E-state index is 7.20. The molecule has 20 aromatic rings. The third-order valence-corrected chi connectivity index (χ3v) is 24.6. The first-order valence-electron chi connectivity index (χ1n) is 40.6. The molecule has 10 heteroatoms. The van der Waals surface area contributed by atoms with E-state index in [1.165, 1.54) is 43.5 Å². The fourth-order valence-corrected chi connectivity index (χ4v) is 19.8. The number of furan rings is 1. The predicted molar refractivity (Wildman–Crippen MR) is 496 cm³/mol. The zero-order valence-corrected chi connectivity index (χ0v) is 64.2. The van der Waals surface area contributed by atoms with Crippen LogP contribution in [0, 0.1) is 0 Å². The van der Waals surface area contributed by atoms with Gasteiger partial charge in [0.2, 0.25) is 0 Å². The van der Waals surface area contributed by atoms with E-state index in [0.29, 0.717) is 0 Å². The molecule has 0 bridgehead atoms. The molecule has 24 rings (SSSR count). The smallest absolute Gasteiger partial charge is 0.252 e. The fraction of sp³-hybridized carbons (Fsp3) is 0. The third-order valence-electron chi connectivity index (χ3n) is 24.6. The number of hydrogen-bond donors (Lipinski definition) is 0. The van der Waals surface area contributed by atoms with Crippen molar-refractivity contribution in [2.45, 2.75) is 0 Å². The summed E-state index contributed by atoms with van der Waals surface area (Å²) in [6, 6.07) is 160. The molecule has 0 N–H and O–H groups in total. The number of rotatable bonds is 13. The molecule has 0 spiro atoms. The minimum absolute atomic E-state index is 0.316. The number of para-hydroxylation sites is 12. The average molecular weight is 1500 g/mol. The van der Waals surface area contributed by atoms with Crippen molar-refractivity contribution in [1.29, 1.82) is 0 Å². The van der Waals surface area contributed by atoms with Gasteiger partial charge in [0.05, 0.1) is 33.8 Å². The standard InChI is InChI=1S/C108H71B2N7O/c1-9-35-72(36-10-1)83-54-33-55-84(73-37-11-2-12-38-73)107(83)117-99-71-98-91(109-89-57-28-31-60-95(89)116(96-61-34-56-88-87-53-27-32-62-104(87)118-108(88)96)102-68-81(66-100(105(102)109)114(98)79-49-23-8-24-50-79)111(74-39-13-3-14-40-74)75-41-15-4-16-42-75)70-92(99)110-90-64-63-80(115-93-58-29-25-51-85(93)86-52-26-30-59-94(86)115)65-97(90)113(78-47-21-7-22-48-78)101-67-82(69-103(117)106(101)110)112(76-43-17-5-18-44-76)77-45-19-6-20-46-77/h1-71H. The summed E-state index contributed by atoms with van der Waals surface area (Å²) in [6.07, 6.45) is 0. The summed E-state index contributed by atoms with van der Waals surface area (Å²) in [4.78, 5) is 15.3. The van der Waals surface area contributed by atoms with E-state index in [4.69, 9.17) is 4.42 Å². The van der Waals surface area contributed by atoms with Crippen LogP contribution in [0.15, 0.2) is 435 Å². The third kappa shape index (κ3) is 10.4. The Balaban J connectivity index is 0.866. The zero-order valence-electron chi connectivity index (χ0n) is 64.2. The van der Waals surface area contributed by atoms with Gasteiger partial charge in [0.15, 0.2) is 5.58 Å². The van der Waals surface area contributed by atoms with Gasteiger partial charge < -0.3 is 38.4 Å². The molecule has 0 aliphatic carbocycles. The maximum atomic E-state index is 7.20. The highest BCUT2D eigenvalue weighted by Crippen LogP contribution is 2.56. The lowest BCUT2D eigenvalue weighted by Crippen LogP contribution is -2.65. The van der Waals surface area contributed by atoms with Gasteiger partial charge in [-0.1, -0.05) is 285 Å². The maximum Gasteiger partial charge on any atom is 0.252 e.